The van der Waals surface area contributed by atoms with Crippen LogP contribution in [0.1, 0.15) is 18.9 Å². The summed E-state index contributed by atoms with van der Waals surface area (Å²) in [6.07, 6.45) is 0.300. The van der Waals surface area contributed by atoms with Crippen molar-refractivity contribution in [1.29, 1.82) is 0 Å². The van der Waals surface area contributed by atoms with Crippen LogP contribution in [0.4, 0.5) is 5.69 Å². The molecule has 17 heavy (non-hydrogen) atoms. The van der Waals surface area contributed by atoms with Crippen LogP contribution in [0.2, 0.25) is 0 Å². The van der Waals surface area contributed by atoms with Crippen LogP contribution in [0.15, 0.2) is 24.3 Å². The first-order chi connectivity index (χ1) is 8.11. The number of nitrogens with one attached hydrogen (secondary N) is 2. The molecule has 0 aromatic heterocycles. The van der Waals surface area contributed by atoms with Gasteiger partial charge in [0.05, 0.1) is 12.6 Å². The standard InChI is InChI=1S/C13H20N2O2/c1-3-12(16)8-14-9-13(17)15-11-6-4-5-10(2)7-11/h4-7,12,14,16H,3,8-9H2,1-2H3,(H,15,17). The summed E-state index contributed by atoms with van der Waals surface area (Å²) in [6, 6.07) is 7.65. The quantitative estimate of drug-likeness (QED) is 0.697. The number of aliphatic hydroxyl groups is 1. The van der Waals surface area contributed by atoms with E-state index in [-0.39, 0.29) is 18.6 Å². The van der Waals surface area contributed by atoms with Crippen molar-refractivity contribution in [1.82, 2.24) is 5.32 Å². The lowest BCUT2D eigenvalue weighted by atomic mass is 10.2. The van der Waals surface area contributed by atoms with Crippen LogP contribution < -0.4 is 10.6 Å². The van der Waals surface area contributed by atoms with Crippen LogP contribution in [-0.4, -0.2) is 30.2 Å². The molecule has 0 aliphatic carbocycles. The second-order valence-corrected chi connectivity index (χ2v) is 4.11. The van der Waals surface area contributed by atoms with Crippen molar-refractivity contribution in [3.63, 3.8) is 0 Å². The van der Waals surface area contributed by atoms with E-state index >= 15 is 0 Å². The Kier molecular flexibility index (Phi) is 5.66. The summed E-state index contributed by atoms with van der Waals surface area (Å²) in [5.74, 6) is -0.0982. The van der Waals surface area contributed by atoms with Crippen LogP contribution in [-0.2, 0) is 4.79 Å². The summed E-state index contributed by atoms with van der Waals surface area (Å²) in [4.78, 5) is 11.5. The van der Waals surface area contributed by atoms with Gasteiger partial charge in [0, 0.05) is 12.2 Å². The van der Waals surface area contributed by atoms with Gasteiger partial charge in [-0.2, -0.15) is 0 Å². The predicted octanol–water partition coefficient (Wildman–Crippen LogP) is 1.29. The SMILES string of the molecule is CCC(O)CNCC(=O)Nc1cccc(C)c1. The Morgan fingerprint density at radius 2 is 2.24 bits per heavy atom. The number of rotatable bonds is 6. The fraction of sp³-hybridized carbons (Fsp3) is 0.462. The maximum Gasteiger partial charge on any atom is 0.238 e. The Labute approximate surface area is 102 Å². The maximum absolute atomic E-state index is 11.5. The van der Waals surface area contributed by atoms with Gasteiger partial charge in [-0.05, 0) is 31.0 Å². The molecule has 94 valence electrons. The van der Waals surface area contributed by atoms with Crippen molar-refractivity contribution in [3.05, 3.63) is 29.8 Å². The molecule has 0 bridgehead atoms. The number of hydrogen-bond donors (Lipinski definition) is 3. The highest BCUT2D eigenvalue weighted by Gasteiger charge is 2.04. The average Bonchev–Trinajstić information content (AvgIpc) is 2.28. The largest absolute Gasteiger partial charge is 0.392 e. The Bertz CT molecular complexity index is 366. The number of carbonyl (C=O) groups excluding carboxylic acids is 1. The van der Waals surface area contributed by atoms with Gasteiger partial charge in [0.25, 0.3) is 0 Å². The van der Waals surface area contributed by atoms with E-state index in [0.29, 0.717) is 13.0 Å². The molecule has 0 aliphatic rings. The molecule has 1 atom stereocenters. The molecule has 0 saturated carbocycles. The van der Waals surface area contributed by atoms with E-state index in [1.165, 1.54) is 0 Å². The Morgan fingerprint density at radius 3 is 2.88 bits per heavy atom. The second kappa shape index (κ2) is 7.04. The molecule has 1 aromatic carbocycles. The van der Waals surface area contributed by atoms with Crippen LogP contribution in [0, 0.1) is 6.92 Å². The minimum atomic E-state index is -0.387. The lowest BCUT2D eigenvalue weighted by Crippen LogP contribution is -2.33. The number of amides is 1. The molecule has 0 saturated heterocycles. The van der Waals surface area contributed by atoms with E-state index in [4.69, 9.17) is 0 Å². The van der Waals surface area contributed by atoms with Crippen molar-refractivity contribution in [2.75, 3.05) is 18.4 Å². The Hall–Kier alpha value is -1.39. The van der Waals surface area contributed by atoms with E-state index in [0.717, 1.165) is 11.3 Å². The van der Waals surface area contributed by atoms with E-state index < -0.39 is 0 Å². The zero-order valence-electron chi connectivity index (χ0n) is 10.4. The lowest BCUT2D eigenvalue weighted by molar-refractivity contribution is -0.115. The van der Waals surface area contributed by atoms with Gasteiger partial charge in [-0.15, -0.1) is 0 Å². The highest BCUT2D eigenvalue weighted by molar-refractivity contribution is 5.92. The smallest absolute Gasteiger partial charge is 0.238 e. The van der Waals surface area contributed by atoms with Gasteiger partial charge in [0.2, 0.25) is 5.91 Å². The Balaban J connectivity index is 2.30. The van der Waals surface area contributed by atoms with Crippen LogP contribution in [0.25, 0.3) is 0 Å². The summed E-state index contributed by atoms with van der Waals surface area (Å²) >= 11 is 0. The van der Waals surface area contributed by atoms with Gasteiger partial charge in [0.1, 0.15) is 0 Å². The van der Waals surface area contributed by atoms with E-state index in [1.807, 2.05) is 38.1 Å². The molecule has 0 fully saturated rings. The van der Waals surface area contributed by atoms with Crippen molar-refractivity contribution in [2.45, 2.75) is 26.4 Å². The number of aliphatic hydroxyl groups excluding tert-OH is 1. The fourth-order valence-corrected chi connectivity index (χ4v) is 1.42. The highest BCUT2D eigenvalue weighted by Crippen LogP contribution is 2.08. The minimum Gasteiger partial charge on any atom is -0.392 e. The van der Waals surface area contributed by atoms with Crippen LogP contribution in [0.3, 0.4) is 0 Å². The highest BCUT2D eigenvalue weighted by atomic mass is 16.3. The first-order valence-corrected chi connectivity index (χ1v) is 5.87. The molecule has 4 nitrogen and oxygen atoms in total. The summed E-state index contributed by atoms with van der Waals surface area (Å²) < 4.78 is 0. The van der Waals surface area contributed by atoms with Crippen molar-refractivity contribution >= 4 is 11.6 Å². The lowest BCUT2D eigenvalue weighted by Gasteiger charge is -2.10. The molecular formula is C13H20N2O2. The molecule has 1 unspecified atom stereocenters. The number of hydrogen-bond acceptors (Lipinski definition) is 3. The normalized spacial score (nSPS) is 12.2. The molecule has 4 heteroatoms. The predicted molar refractivity (Wildman–Crippen MR) is 69.0 cm³/mol. The molecule has 0 heterocycles. The molecule has 3 N–H and O–H groups in total. The molecule has 0 radical (unpaired) electrons. The van der Waals surface area contributed by atoms with Crippen molar-refractivity contribution in [3.8, 4) is 0 Å². The summed E-state index contributed by atoms with van der Waals surface area (Å²) in [7, 11) is 0. The number of anilines is 1. The summed E-state index contributed by atoms with van der Waals surface area (Å²) in [5.41, 5.74) is 1.91. The monoisotopic (exact) mass is 236 g/mol. The van der Waals surface area contributed by atoms with Crippen LogP contribution in [0.5, 0.6) is 0 Å². The number of benzene rings is 1. The van der Waals surface area contributed by atoms with Crippen LogP contribution >= 0.6 is 0 Å². The third-order valence-electron chi connectivity index (χ3n) is 2.44. The fourth-order valence-electron chi connectivity index (χ4n) is 1.42. The van der Waals surface area contributed by atoms with Crippen molar-refractivity contribution in [2.24, 2.45) is 0 Å². The first kappa shape index (κ1) is 13.7. The van der Waals surface area contributed by atoms with Gasteiger partial charge in [-0.25, -0.2) is 0 Å². The third kappa shape index (κ3) is 5.47. The molecular weight excluding hydrogens is 216 g/mol. The molecule has 1 rings (SSSR count). The second-order valence-electron chi connectivity index (χ2n) is 4.11. The third-order valence-corrected chi connectivity index (χ3v) is 2.44. The van der Waals surface area contributed by atoms with E-state index in [2.05, 4.69) is 10.6 Å². The topological polar surface area (TPSA) is 61.4 Å². The molecule has 0 spiro atoms. The molecule has 1 amide bonds. The average molecular weight is 236 g/mol. The van der Waals surface area contributed by atoms with Gasteiger partial charge >= 0.3 is 0 Å². The van der Waals surface area contributed by atoms with Crippen molar-refractivity contribution < 1.29 is 9.90 Å². The molecule has 1 aromatic rings. The zero-order valence-corrected chi connectivity index (χ0v) is 10.4. The molecule has 0 aliphatic heterocycles. The van der Waals surface area contributed by atoms with Gasteiger partial charge in [0.15, 0.2) is 0 Å². The summed E-state index contributed by atoms with van der Waals surface area (Å²) in [6.45, 7) is 4.54. The minimum absolute atomic E-state index is 0.0982. The Morgan fingerprint density at radius 1 is 1.47 bits per heavy atom. The van der Waals surface area contributed by atoms with Gasteiger partial charge in [-0.3, -0.25) is 4.79 Å². The zero-order chi connectivity index (χ0) is 12.7. The first-order valence-electron chi connectivity index (χ1n) is 5.87. The number of carbonyl (C=O) groups is 1. The number of aryl methyl sites for hydroxylation is 1. The summed E-state index contributed by atoms with van der Waals surface area (Å²) in [5, 5.41) is 15.0. The van der Waals surface area contributed by atoms with E-state index in [9.17, 15) is 9.90 Å². The van der Waals surface area contributed by atoms with E-state index in [1.54, 1.807) is 0 Å². The maximum atomic E-state index is 11.5. The van der Waals surface area contributed by atoms with Gasteiger partial charge < -0.3 is 15.7 Å². The van der Waals surface area contributed by atoms with Gasteiger partial charge in [-0.1, -0.05) is 19.1 Å².